The summed E-state index contributed by atoms with van der Waals surface area (Å²) in [6.07, 6.45) is 2.74. The summed E-state index contributed by atoms with van der Waals surface area (Å²) < 4.78 is 5.78. The lowest BCUT2D eigenvalue weighted by Gasteiger charge is -2.30. The van der Waals surface area contributed by atoms with Crippen LogP contribution in [0.3, 0.4) is 0 Å². The first-order valence-electron chi connectivity index (χ1n) is 9.26. The molecular weight excluding hydrogens is 300 g/mol. The van der Waals surface area contributed by atoms with E-state index in [1.807, 2.05) is 25.1 Å². The van der Waals surface area contributed by atoms with Crippen LogP contribution in [-0.4, -0.2) is 25.1 Å². The molecule has 4 nitrogen and oxygen atoms in total. The van der Waals surface area contributed by atoms with E-state index in [1.165, 1.54) is 0 Å². The molecule has 1 heterocycles. The van der Waals surface area contributed by atoms with Gasteiger partial charge in [0, 0.05) is 17.5 Å². The predicted molar refractivity (Wildman–Crippen MR) is 98.1 cm³/mol. The van der Waals surface area contributed by atoms with E-state index in [2.05, 4.69) is 37.5 Å². The molecule has 0 saturated carbocycles. The molecule has 1 unspecified atom stereocenters. The number of para-hydroxylation sites is 1. The molecule has 0 radical (unpaired) electrons. The molecule has 0 aromatic heterocycles. The zero-order valence-electron chi connectivity index (χ0n) is 15.5. The second kappa shape index (κ2) is 9.07. The maximum Gasteiger partial charge on any atom is 0.223 e. The number of carbonyl (C=O) groups excluding carboxylic acids is 1. The zero-order chi connectivity index (χ0) is 17.5. The van der Waals surface area contributed by atoms with Crippen molar-refractivity contribution in [2.24, 2.45) is 11.8 Å². The molecule has 2 rings (SSSR count). The summed E-state index contributed by atoms with van der Waals surface area (Å²) in [5.74, 6) is 1.66. The third-order valence-corrected chi connectivity index (χ3v) is 4.61. The number of amides is 1. The monoisotopic (exact) mass is 332 g/mol. The van der Waals surface area contributed by atoms with Crippen LogP contribution in [0.25, 0.3) is 0 Å². The van der Waals surface area contributed by atoms with E-state index < -0.39 is 0 Å². The summed E-state index contributed by atoms with van der Waals surface area (Å²) >= 11 is 0. The van der Waals surface area contributed by atoms with E-state index in [9.17, 15) is 4.79 Å². The van der Waals surface area contributed by atoms with E-state index >= 15 is 0 Å². The van der Waals surface area contributed by atoms with E-state index in [4.69, 9.17) is 4.74 Å². The SMILES string of the molecule is CCOc1ccccc1C(CC(C)C)NC(=O)[C@H]1CCN[C@@H](C)C1. The topological polar surface area (TPSA) is 50.4 Å². The van der Waals surface area contributed by atoms with Crippen LogP contribution in [0.2, 0.25) is 0 Å². The van der Waals surface area contributed by atoms with Crippen LogP contribution in [-0.2, 0) is 4.79 Å². The molecule has 1 fully saturated rings. The first-order valence-corrected chi connectivity index (χ1v) is 9.26. The molecule has 1 amide bonds. The first kappa shape index (κ1) is 18.8. The Bertz CT molecular complexity index is 530. The fourth-order valence-corrected chi connectivity index (χ4v) is 3.45. The number of benzene rings is 1. The average Bonchev–Trinajstić information content (AvgIpc) is 2.54. The van der Waals surface area contributed by atoms with Crippen LogP contribution in [0, 0.1) is 11.8 Å². The third-order valence-electron chi connectivity index (χ3n) is 4.61. The maximum absolute atomic E-state index is 12.8. The highest BCUT2D eigenvalue weighted by molar-refractivity contribution is 5.79. The van der Waals surface area contributed by atoms with Gasteiger partial charge in [0.1, 0.15) is 5.75 Å². The van der Waals surface area contributed by atoms with Crippen LogP contribution in [0.15, 0.2) is 24.3 Å². The van der Waals surface area contributed by atoms with Gasteiger partial charge in [0.2, 0.25) is 5.91 Å². The van der Waals surface area contributed by atoms with Crippen LogP contribution in [0.5, 0.6) is 5.75 Å². The fraction of sp³-hybridized carbons (Fsp3) is 0.650. The Morgan fingerprint density at radius 2 is 2.12 bits per heavy atom. The van der Waals surface area contributed by atoms with Gasteiger partial charge in [0.15, 0.2) is 0 Å². The normalized spacial score (nSPS) is 22.2. The summed E-state index contributed by atoms with van der Waals surface area (Å²) in [6, 6.07) is 8.48. The van der Waals surface area contributed by atoms with Crippen LogP contribution in [0.1, 0.15) is 58.6 Å². The van der Waals surface area contributed by atoms with Crippen molar-refractivity contribution in [2.75, 3.05) is 13.2 Å². The highest BCUT2D eigenvalue weighted by atomic mass is 16.5. The van der Waals surface area contributed by atoms with Gasteiger partial charge in [0.05, 0.1) is 12.6 Å². The maximum atomic E-state index is 12.8. The average molecular weight is 332 g/mol. The van der Waals surface area contributed by atoms with Gasteiger partial charge in [-0.3, -0.25) is 4.79 Å². The summed E-state index contributed by atoms with van der Waals surface area (Å²) in [4.78, 5) is 12.8. The molecule has 0 bridgehead atoms. The first-order chi connectivity index (χ1) is 11.5. The Balaban J connectivity index is 2.15. The number of nitrogens with one attached hydrogen (secondary N) is 2. The summed E-state index contributed by atoms with van der Waals surface area (Å²) in [6.45, 7) is 10.1. The molecule has 1 aromatic rings. The summed E-state index contributed by atoms with van der Waals surface area (Å²) in [5, 5.41) is 6.72. The van der Waals surface area contributed by atoms with Gasteiger partial charge >= 0.3 is 0 Å². The Morgan fingerprint density at radius 1 is 1.38 bits per heavy atom. The number of rotatable bonds is 7. The molecule has 2 N–H and O–H groups in total. The summed E-state index contributed by atoms with van der Waals surface area (Å²) in [7, 11) is 0. The van der Waals surface area contributed by atoms with E-state index in [1.54, 1.807) is 0 Å². The van der Waals surface area contributed by atoms with Crippen molar-refractivity contribution < 1.29 is 9.53 Å². The van der Waals surface area contributed by atoms with Crippen molar-refractivity contribution in [1.82, 2.24) is 10.6 Å². The minimum atomic E-state index is 0.00504. The van der Waals surface area contributed by atoms with Gasteiger partial charge in [-0.25, -0.2) is 0 Å². The minimum absolute atomic E-state index is 0.00504. The van der Waals surface area contributed by atoms with Crippen molar-refractivity contribution in [1.29, 1.82) is 0 Å². The molecular formula is C20H32N2O2. The van der Waals surface area contributed by atoms with E-state index in [0.717, 1.165) is 37.1 Å². The zero-order valence-corrected chi connectivity index (χ0v) is 15.5. The quantitative estimate of drug-likeness (QED) is 0.801. The number of hydrogen-bond acceptors (Lipinski definition) is 3. The largest absolute Gasteiger partial charge is 0.494 e. The third kappa shape index (κ3) is 5.23. The van der Waals surface area contributed by atoms with Crippen molar-refractivity contribution in [3.05, 3.63) is 29.8 Å². The van der Waals surface area contributed by atoms with Crippen molar-refractivity contribution >= 4 is 5.91 Å². The predicted octanol–water partition coefficient (Wildman–Crippen LogP) is 3.68. The number of piperidine rings is 1. The van der Waals surface area contributed by atoms with Gasteiger partial charge in [-0.1, -0.05) is 32.0 Å². The Hall–Kier alpha value is -1.55. The van der Waals surface area contributed by atoms with Gasteiger partial charge in [0.25, 0.3) is 0 Å². The molecule has 134 valence electrons. The number of carbonyl (C=O) groups is 1. The Labute approximate surface area is 146 Å². The van der Waals surface area contributed by atoms with Crippen LogP contribution >= 0.6 is 0 Å². The van der Waals surface area contributed by atoms with Gasteiger partial charge in [-0.15, -0.1) is 0 Å². The van der Waals surface area contributed by atoms with E-state index in [0.29, 0.717) is 18.6 Å². The number of hydrogen-bond donors (Lipinski definition) is 2. The van der Waals surface area contributed by atoms with Gasteiger partial charge < -0.3 is 15.4 Å². The summed E-state index contributed by atoms with van der Waals surface area (Å²) in [5.41, 5.74) is 1.09. The minimum Gasteiger partial charge on any atom is -0.494 e. The molecule has 1 aliphatic heterocycles. The van der Waals surface area contributed by atoms with Crippen molar-refractivity contribution in [3.63, 3.8) is 0 Å². The van der Waals surface area contributed by atoms with Crippen LogP contribution in [0.4, 0.5) is 0 Å². The molecule has 24 heavy (non-hydrogen) atoms. The van der Waals surface area contributed by atoms with E-state index in [-0.39, 0.29) is 17.9 Å². The van der Waals surface area contributed by atoms with Crippen LogP contribution < -0.4 is 15.4 Å². The molecule has 1 aromatic carbocycles. The molecule has 0 spiro atoms. The van der Waals surface area contributed by atoms with Gasteiger partial charge in [-0.05, 0) is 51.6 Å². The second-order valence-electron chi connectivity index (χ2n) is 7.24. The Kier molecular flexibility index (Phi) is 7.10. The van der Waals surface area contributed by atoms with Crippen molar-refractivity contribution in [3.8, 4) is 5.75 Å². The molecule has 1 saturated heterocycles. The lowest BCUT2D eigenvalue weighted by atomic mass is 9.90. The standard InChI is InChI=1S/C20H32N2O2/c1-5-24-19-9-7-6-8-17(19)18(12-14(2)3)22-20(23)16-10-11-21-15(4)13-16/h6-9,14-16,18,21H,5,10-13H2,1-4H3,(H,22,23)/t15-,16-,18?/m0/s1. The highest BCUT2D eigenvalue weighted by Crippen LogP contribution is 2.30. The van der Waals surface area contributed by atoms with Gasteiger partial charge in [-0.2, -0.15) is 0 Å². The smallest absolute Gasteiger partial charge is 0.223 e. The van der Waals surface area contributed by atoms with Crippen molar-refractivity contribution in [2.45, 2.75) is 59.0 Å². The molecule has 3 atom stereocenters. The second-order valence-corrected chi connectivity index (χ2v) is 7.24. The highest BCUT2D eigenvalue weighted by Gasteiger charge is 2.27. The Morgan fingerprint density at radius 3 is 2.79 bits per heavy atom. The lowest BCUT2D eigenvalue weighted by molar-refractivity contribution is -0.127. The number of ether oxygens (including phenoxy) is 1. The lowest BCUT2D eigenvalue weighted by Crippen LogP contribution is -2.43. The molecule has 0 aliphatic carbocycles. The molecule has 4 heteroatoms. The fourth-order valence-electron chi connectivity index (χ4n) is 3.45. The molecule has 1 aliphatic rings.